The van der Waals surface area contributed by atoms with Crippen molar-refractivity contribution in [3.8, 4) is 5.69 Å². The van der Waals surface area contributed by atoms with Crippen molar-refractivity contribution < 1.29 is 0 Å². The van der Waals surface area contributed by atoms with Crippen molar-refractivity contribution in [1.29, 1.82) is 0 Å². The summed E-state index contributed by atoms with van der Waals surface area (Å²) in [5, 5.41) is 0.771. The van der Waals surface area contributed by atoms with Crippen LogP contribution >= 0.6 is 23.2 Å². The van der Waals surface area contributed by atoms with Gasteiger partial charge >= 0.3 is 5.69 Å². The first-order valence-electron chi connectivity index (χ1n) is 8.76. The van der Waals surface area contributed by atoms with E-state index in [1.807, 2.05) is 24.3 Å². The van der Waals surface area contributed by atoms with Crippen molar-refractivity contribution in [1.82, 2.24) is 9.13 Å². The maximum absolute atomic E-state index is 13.2. The second kappa shape index (κ2) is 7.49. The smallest absolute Gasteiger partial charge is 0.337 e. The van der Waals surface area contributed by atoms with Crippen LogP contribution in [0.1, 0.15) is 31.9 Å². The third kappa shape index (κ3) is 3.86. The lowest BCUT2D eigenvalue weighted by Crippen LogP contribution is -2.40. The Kier molecular flexibility index (Phi) is 5.41. The molecule has 0 aliphatic heterocycles. The van der Waals surface area contributed by atoms with Gasteiger partial charge < -0.3 is 5.73 Å². The van der Waals surface area contributed by atoms with Crippen molar-refractivity contribution >= 4 is 29.0 Å². The molecule has 0 atom stereocenters. The van der Waals surface area contributed by atoms with E-state index < -0.39 is 11.2 Å². The van der Waals surface area contributed by atoms with E-state index in [-0.39, 0.29) is 17.8 Å². The molecule has 2 N–H and O–H groups in total. The number of anilines is 1. The lowest BCUT2D eigenvalue weighted by molar-refractivity contribution is 0.582. The first-order chi connectivity index (χ1) is 13.1. The Bertz CT molecular complexity index is 1160. The van der Waals surface area contributed by atoms with Gasteiger partial charge in [-0.05, 0) is 34.7 Å². The summed E-state index contributed by atoms with van der Waals surface area (Å²) in [7, 11) is 0. The van der Waals surface area contributed by atoms with Gasteiger partial charge in [0.2, 0.25) is 0 Å². The van der Waals surface area contributed by atoms with Gasteiger partial charge in [0.05, 0.1) is 22.3 Å². The molecule has 5 nitrogen and oxygen atoms in total. The molecule has 0 amide bonds. The number of hydrogen-bond acceptors (Lipinski definition) is 3. The Morgan fingerprint density at radius 3 is 2.29 bits per heavy atom. The highest BCUT2D eigenvalue weighted by atomic mass is 35.5. The van der Waals surface area contributed by atoms with Gasteiger partial charge in [0.1, 0.15) is 5.82 Å². The van der Waals surface area contributed by atoms with E-state index in [1.165, 1.54) is 10.6 Å². The zero-order valence-corrected chi connectivity index (χ0v) is 17.4. The molecule has 3 rings (SSSR count). The van der Waals surface area contributed by atoms with Gasteiger partial charge in [-0.2, -0.15) is 0 Å². The summed E-state index contributed by atoms with van der Waals surface area (Å²) < 4.78 is 2.51. The molecular weight excluding hydrogens is 397 g/mol. The molecule has 0 bridgehead atoms. The van der Waals surface area contributed by atoms with Crippen LogP contribution in [0.4, 0.5) is 5.82 Å². The standard InChI is InChI=1S/C21H21Cl2N3O2/c1-21(2,3)14-6-4-5-7-17(14)26-18(24)11-19(27)25(20(26)28)12-13-8-9-15(22)16(23)10-13/h4-11H,12,24H2,1-3H3. The summed E-state index contributed by atoms with van der Waals surface area (Å²) in [5.74, 6) is 0.0945. The van der Waals surface area contributed by atoms with Gasteiger partial charge in [-0.25, -0.2) is 9.36 Å². The van der Waals surface area contributed by atoms with Gasteiger partial charge in [-0.15, -0.1) is 0 Å². The Morgan fingerprint density at radius 2 is 1.64 bits per heavy atom. The van der Waals surface area contributed by atoms with E-state index in [0.29, 0.717) is 21.3 Å². The summed E-state index contributed by atoms with van der Waals surface area (Å²) in [6, 6.07) is 13.8. The van der Waals surface area contributed by atoms with Crippen LogP contribution in [-0.2, 0) is 12.0 Å². The lowest BCUT2D eigenvalue weighted by Gasteiger charge is -2.24. The number of halogens is 2. The van der Waals surface area contributed by atoms with E-state index in [4.69, 9.17) is 28.9 Å². The molecule has 0 radical (unpaired) electrons. The summed E-state index contributed by atoms with van der Waals surface area (Å²) in [5.41, 5.74) is 7.18. The second-order valence-electron chi connectivity index (χ2n) is 7.63. The number of aromatic nitrogens is 2. The van der Waals surface area contributed by atoms with E-state index in [1.54, 1.807) is 18.2 Å². The fourth-order valence-corrected chi connectivity index (χ4v) is 3.43. The molecule has 3 aromatic rings. The molecule has 0 saturated heterocycles. The molecule has 0 unspecified atom stereocenters. The highest BCUT2D eigenvalue weighted by molar-refractivity contribution is 6.42. The van der Waals surface area contributed by atoms with Crippen molar-refractivity contribution in [3.05, 3.63) is 90.5 Å². The van der Waals surface area contributed by atoms with Gasteiger partial charge in [0.15, 0.2) is 0 Å². The summed E-state index contributed by atoms with van der Waals surface area (Å²) in [6.07, 6.45) is 0. The van der Waals surface area contributed by atoms with Crippen molar-refractivity contribution in [3.63, 3.8) is 0 Å². The molecule has 28 heavy (non-hydrogen) atoms. The van der Waals surface area contributed by atoms with Crippen molar-refractivity contribution in [2.24, 2.45) is 0 Å². The molecule has 7 heteroatoms. The summed E-state index contributed by atoms with van der Waals surface area (Å²) in [4.78, 5) is 25.7. The highest BCUT2D eigenvalue weighted by Crippen LogP contribution is 2.28. The normalized spacial score (nSPS) is 11.6. The zero-order valence-electron chi connectivity index (χ0n) is 15.9. The number of nitrogen functional groups attached to an aromatic ring is 1. The first kappa shape index (κ1) is 20.2. The minimum Gasteiger partial charge on any atom is -0.385 e. The molecule has 0 aliphatic rings. The van der Waals surface area contributed by atoms with Crippen LogP contribution < -0.4 is 17.0 Å². The largest absolute Gasteiger partial charge is 0.385 e. The predicted octanol–water partition coefficient (Wildman–Crippen LogP) is 4.23. The Hall–Kier alpha value is -2.50. The minimum absolute atomic E-state index is 0.0620. The van der Waals surface area contributed by atoms with Crippen molar-refractivity contribution in [2.45, 2.75) is 32.7 Å². The molecule has 1 aromatic heterocycles. The van der Waals surface area contributed by atoms with E-state index in [2.05, 4.69) is 20.8 Å². The monoisotopic (exact) mass is 417 g/mol. The number of hydrogen-bond donors (Lipinski definition) is 1. The fourth-order valence-electron chi connectivity index (χ4n) is 3.11. The Balaban J connectivity index is 2.21. The second-order valence-corrected chi connectivity index (χ2v) is 8.44. The van der Waals surface area contributed by atoms with E-state index in [9.17, 15) is 9.59 Å². The van der Waals surface area contributed by atoms with Crippen LogP contribution in [0.5, 0.6) is 0 Å². The highest BCUT2D eigenvalue weighted by Gasteiger charge is 2.21. The zero-order chi connectivity index (χ0) is 20.6. The molecular formula is C21H21Cl2N3O2. The molecule has 0 fully saturated rings. The maximum Gasteiger partial charge on any atom is 0.337 e. The fraction of sp³-hybridized carbons (Fsp3) is 0.238. The third-order valence-corrected chi connectivity index (χ3v) is 5.23. The first-order valence-corrected chi connectivity index (χ1v) is 9.51. The molecule has 146 valence electrons. The van der Waals surface area contributed by atoms with Crippen LogP contribution in [-0.4, -0.2) is 9.13 Å². The molecule has 0 saturated carbocycles. The molecule has 0 spiro atoms. The number of rotatable bonds is 3. The average Bonchev–Trinajstić information content (AvgIpc) is 2.61. The molecule has 1 heterocycles. The van der Waals surface area contributed by atoms with Crippen LogP contribution in [0.3, 0.4) is 0 Å². The average molecular weight is 418 g/mol. The van der Waals surface area contributed by atoms with E-state index in [0.717, 1.165) is 10.1 Å². The summed E-state index contributed by atoms with van der Waals surface area (Å²) in [6.45, 7) is 6.23. The molecule has 2 aromatic carbocycles. The summed E-state index contributed by atoms with van der Waals surface area (Å²) >= 11 is 12.0. The topological polar surface area (TPSA) is 70.0 Å². The number of benzene rings is 2. The predicted molar refractivity (Wildman–Crippen MR) is 115 cm³/mol. The Labute approximate surface area is 172 Å². The van der Waals surface area contributed by atoms with Gasteiger partial charge in [-0.3, -0.25) is 9.36 Å². The van der Waals surface area contributed by atoms with Crippen LogP contribution in [0.15, 0.2) is 58.1 Å². The van der Waals surface area contributed by atoms with Crippen LogP contribution in [0, 0.1) is 0 Å². The third-order valence-electron chi connectivity index (χ3n) is 4.50. The molecule has 0 aliphatic carbocycles. The number of para-hydroxylation sites is 1. The quantitative estimate of drug-likeness (QED) is 0.692. The number of nitrogens with zero attached hydrogens (tertiary/aromatic N) is 2. The van der Waals surface area contributed by atoms with Crippen LogP contribution in [0.2, 0.25) is 10.0 Å². The lowest BCUT2D eigenvalue weighted by atomic mass is 9.85. The minimum atomic E-state index is -0.507. The van der Waals surface area contributed by atoms with Crippen molar-refractivity contribution in [2.75, 3.05) is 5.73 Å². The number of nitrogens with two attached hydrogens (primary N) is 1. The maximum atomic E-state index is 13.2. The van der Waals surface area contributed by atoms with Crippen LogP contribution in [0.25, 0.3) is 5.69 Å². The SMILES string of the molecule is CC(C)(C)c1ccccc1-n1c(N)cc(=O)n(Cc2ccc(Cl)c(Cl)c2)c1=O. The van der Waals surface area contributed by atoms with Gasteiger partial charge in [0, 0.05) is 6.07 Å². The van der Waals surface area contributed by atoms with E-state index >= 15 is 0 Å². The Morgan fingerprint density at radius 1 is 0.964 bits per heavy atom. The van der Waals surface area contributed by atoms with Gasteiger partial charge in [-0.1, -0.05) is 68.2 Å². The van der Waals surface area contributed by atoms with Gasteiger partial charge in [0.25, 0.3) is 5.56 Å².